The van der Waals surface area contributed by atoms with E-state index in [-0.39, 0.29) is 0 Å². The van der Waals surface area contributed by atoms with E-state index in [0.29, 0.717) is 0 Å². The van der Waals surface area contributed by atoms with Crippen molar-refractivity contribution in [1.29, 1.82) is 0 Å². The van der Waals surface area contributed by atoms with Gasteiger partial charge in [-0.2, -0.15) is 0 Å². The maximum absolute atomic E-state index is 4.44. The summed E-state index contributed by atoms with van der Waals surface area (Å²) >= 11 is 0. The molecule has 1 aromatic heterocycles. The molecular formula is C13H18N2. The second-order valence-corrected chi connectivity index (χ2v) is 3.37. The van der Waals surface area contributed by atoms with Crippen molar-refractivity contribution in [2.45, 2.75) is 20.3 Å². The van der Waals surface area contributed by atoms with Gasteiger partial charge in [0, 0.05) is 18.3 Å². The fourth-order valence-electron chi connectivity index (χ4n) is 1.50. The summed E-state index contributed by atoms with van der Waals surface area (Å²) in [7, 11) is 1.89. The highest BCUT2D eigenvalue weighted by Crippen LogP contribution is 2.23. The Balaban J connectivity index is 3.23. The van der Waals surface area contributed by atoms with Gasteiger partial charge in [0.25, 0.3) is 0 Å². The predicted octanol–water partition coefficient (Wildman–Crippen LogP) is 3.41. The molecule has 15 heavy (non-hydrogen) atoms. The molecule has 0 spiro atoms. The van der Waals surface area contributed by atoms with Crippen molar-refractivity contribution >= 4 is 11.4 Å². The molecule has 1 N–H and O–H groups in total. The molecule has 0 unspecified atom stereocenters. The minimum atomic E-state index is 0.912. The number of nitrogens with one attached hydrogen (secondary N) is 1. The lowest BCUT2D eigenvalue weighted by Crippen LogP contribution is -1.98. The first-order valence-corrected chi connectivity index (χ1v) is 5.21. The van der Waals surface area contributed by atoms with Gasteiger partial charge in [-0.25, -0.2) is 4.98 Å². The Hall–Kier alpha value is -1.57. The average Bonchev–Trinajstić information content (AvgIpc) is 2.26. The van der Waals surface area contributed by atoms with Crippen LogP contribution in [-0.2, 0) is 0 Å². The molecule has 1 rings (SSSR count). The van der Waals surface area contributed by atoms with Gasteiger partial charge in [-0.1, -0.05) is 25.7 Å². The lowest BCUT2D eigenvalue weighted by Gasteiger charge is -2.09. The quantitative estimate of drug-likeness (QED) is 0.757. The van der Waals surface area contributed by atoms with Crippen molar-refractivity contribution in [1.82, 2.24) is 4.98 Å². The summed E-state index contributed by atoms with van der Waals surface area (Å²) in [6, 6.07) is 4.10. The molecule has 1 heterocycles. The van der Waals surface area contributed by atoms with Crippen molar-refractivity contribution in [3.63, 3.8) is 0 Å². The largest absolute Gasteiger partial charge is 0.373 e. The predicted molar refractivity (Wildman–Crippen MR) is 67.0 cm³/mol. The van der Waals surface area contributed by atoms with E-state index in [1.165, 1.54) is 0 Å². The van der Waals surface area contributed by atoms with E-state index in [1.807, 2.05) is 26.1 Å². The van der Waals surface area contributed by atoms with E-state index in [2.05, 4.69) is 35.9 Å². The van der Waals surface area contributed by atoms with Gasteiger partial charge in [0.05, 0.1) is 0 Å². The van der Waals surface area contributed by atoms with Gasteiger partial charge >= 0.3 is 0 Å². The Morgan fingerprint density at radius 1 is 1.53 bits per heavy atom. The third kappa shape index (κ3) is 2.69. The number of nitrogens with zero attached hydrogens (tertiary/aromatic N) is 1. The van der Waals surface area contributed by atoms with Crippen LogP contribution in [0.25, 0.3) is 5.57 Å². The first kappa shape index (κ1) is 11.5. The van der Waals surface area contributed by atoms with E-state index in [9.17, 15) is 0 Å². The Labute approximate surface area is 91.7 Å². The van der Waals surface area contributed by atoms with E-state index in [1.54, 1.807) is 0 Å². The van der Waals surface area contributed by atoms with Crippen molar-refractivity contribution in [3.05, 3.63) is 42.1 Å². The Kier molecular flexibility index (Phi) is 4.10. The molecule has 80 valence electrons. The summed E-state index contributed by atoms with van der Waals surface area (Å²) in [6.07, 6.45) is 5.02. The Bertz CT molecular complexity index is 378. The molecule has 0 aliphatic carbocycles. The van der Waals surface area contributed by atoms with Crippen LogP contribution in [0.1, 0.15) is 24.6 Å². The zero-order valence-electron chi connectivity index (χ0n) is 9.67. The highest BCUT2D eigenvalue weighted by molar-refractivity contribution is 5.80. The number of anilines is 1. The molecule has 0 amide bonds. The molecule has 0 saturated carbocycles. The van der Waals surface area contributed by atoms with Crippen LogP contribution in [0.15, 0.2) is 30.9 Å². The first-order valence-electron chi connectivity index (χ1n) is 5.21. The fraction of sp³-hybridized carbons (Fsp3) is 0.308. The van der Waals surface area contributed by atoms with Crippen LogP contribution < -0.4 is 5.32 Å². The number of hydrogen-bond acceptors (Lipinski definition) is 2. The molecule has 0 aromatic carbocycles. The van der Waals surface area contributed by atoms with E-state index >= 15 is 0 Å². The standard InChI is InChI=1S/C13H18N2/c1-5-7-11(6-2)12-9-8-10(3)15-13(12)14-4/h6-9H,2,5H2,1,3-4H3,(H,14,15)/b11-7+. The number of hydrogen-bond donors (Lipinski definition) is 1. The van der Waals surface area contributed by atoms with Crippen molar-refractivity contribution in [2.24, 2.45) is 0 Å². The number of aromatic nitrogens is 1. The lowest BCUT2D eigenvalue weighted by molar-refractivity contribution is 1.17. The van der Waals surface area contributed by atoms with Crippen LogP contribution in [-0.4, -0.2) is 12.0 Å². The van der Waals surface area contributed by atoms with E-state index in [0.717, 1.165) is 29.1 Å². The van der Waals surface area contributed by atoms with E-state index < -0.39 is 0 Å². The summed E-state index contributed by atoms with van der Waals surface area (Å²) in [5, 5.41) is 3.11. The average molecular weight is 202 g/mol. The monoisotopic (exact) mass is 202 g/mol. The van der Waals surface area contributed by atoms with Gasteiger partial charge in [0.2, 0.25) is 0 Å². The number of aryl methyl sites for hydroxylation is 1. The van der Waals surface area contributed by atoms with Gasteiger partial charge in [-0.05, 0) is 31.1 Å². The molecule has 0 bridgehead atoms. The lowest BCUT2D eigenvalue weighted by atomic mass is 10.1. The summed E-state index contributed by atoms with van der Waals surface area (Å²) in [6.45, 7) is 7.93. The molecule has 2 nitrogen and oxygen atoms in total. The van der Waals surface area contributed by atoms with Crippen molar-refractivity contribution < 1.29 is 0 Å². The number of rotatable bonds is 4. The van der Waals surface area contributed by atoms with Gasteiger partial charge in [0.1, 0.15) is 5.82 Å². The fourth-order valence-corrected chi connectivity index (χ4v) is 1.50. The number of pyridine rings is 1. The van der Waals surface area contributed by atoms with Crippen LogP contribution in [0.2, 0.25) is 0 Å². The second kappa shape index (κ2) is 5.35. The topological polar surface area (TPSA) is 24.9 Å². The Morgan fingerprint density at radius 2 is 2.27 bits per heavy atom. The van der Waals surface area contributed by atoms with Gasteiger partial charge in [-0.3, -0.25) is 0 Å². The summed E-state index contributed by atoms with van der Waals surface area (Å²) in [5.74, 6) is 0.912. The van der Waals surface area contributed by atoms with Crippen LogP contribution in [0.5, 0.6) is 0 Å². The summed E-state index contributed by atoms with van der Waals surface area (Å²) in [4.78, 5) is 4.44. The normalized spacial score (nSPS) is 11.3. The zero-order chi connectivity index (χ0) is 11.3. The molecule has 2 heteroatoms. The highest BCUT2D eigenvalue weighted by atomic mass is 15.0. The molecule has 0 radical (unpaired) electrons. The minimum absolute atomic E-state index is 0.912. The smallest absolute Gasteiger partial charge is 0.133 e. The molecule has 0 saturated heterocycles. The minimum Gasteiger partial charge on any atom is -0.373 e. The highest BCUT2D eigenvalue weighted by Gasteiger charge is 2.05. The third-order valence-electron chi connectivity index (χ3n) is 2.23. The second-order valence-electron chi connectivity index (χ2n) is 3.37. The third-order valence-corrected chi connectivity index (χ3v) is 2.23. The van der Waals surface area contributed by atoms with Crippen LogP contribution in [0, 0.1) is 6.92 Å². The number of allylic oxidation sites excluding steroid dienone is 3. The molecule has 0 fully saturated rings. The molecule has 0 aliphatic rings. The maximum atomic E-state index is 4.44. The van der Waals surface area contributed by atoms with Crippen molar-refractivity contribution in [2.75, 3.05) is 12.4 Å². The summed E-state index contributed by atoms with van der Waals surface area (Å²) < 4.78 is 0. The maximum Gasteiger partial charge on any atom is 0.133 e. The molecule has 1 aromatic rings. The molecule has 0 aliphatic heterocycles. The zero-order valence-corrected chi connectivity index (χ0v) is 9.67. The van der Waals surface area contributed by atoms with Crippen LogP contribution in [0.3, 0.4) is 0 Å². The van der Waals surface area contributed by atoms with E-state index in [4.69, 9.17) is 0 Å². The van der Waals surface area contributed by atoms with Crippen LogP contribution in [0.4, 0.5) is 5.82 Å². The van der Waals surface area contributed by atoms with Gasteiger partial charge in [-0.15, -0.1) is 0 Å². The van der Waals surface area contributed by atoms with Crippen molar-refractivity contribution in [3.8, 4) is 0 Å². The summed E-state index contributed by atoms with van der Waals surface area (Å²) in [5.41, 5.74) is 3.26. The first-order chi connectivity index (χ1) is 7.22. The Morgan fingerprint density at radius 3 is 2.80 bits per heavy atom. The molecular weight excluding hydrogens is 184 g/mol. The van der Waals surface area contributed by atoms with Gasteiger partial charge < -0.3 is 5.32 Å². The molecule has 0 atom stereocenters. The SMILES string of the molecule is C=C/C(=C\CC)c1ccc(C)nc1NC. The van der Waals surface area contributed by atoms with Gasteiger partial charge in [0.15, 0.2) is 0 Å². The van der Waals surface area contributed by atoms with Crippen LogP contribution >= 0.6 is 0 Å².